The molecule has 0 aliphatic heterocycles. The van der Waals surface area contributed by atoms with Crippen molar-refractivity contribution in [3.63, 3.8) is 0 Å². The van der Waals surface area contributed by atoms with Crippen LogP contribution >= 0.6 is 0 Å². The van der Waals surface area contributed by atoms with Crippen LogP contribution in [0.1, 0.15) is 0 Å². The van der Waals surface area contributed by atoms with E-state index in [0.717, 1.165) is 0 Å². The summed E-state index contributed by atoms with van der Waals surface area (Å²) in [4.78, 5) is 0. The first kappa shape index (κ1) is 10.6. The van der Waals surface area contributed by atoms with Crippen molar-refractivity contribution in [2.75, 3.05) is 0 Å². The van der Waals surface area contributed by atoms with E-state index in [2.05, 4.69) is 0 Å². The average Bonchev–Trinajstić information content (AvgIpc) is 0.722. The number of rotatable bonds is 0. The van der Waals surface area contributed by atoms with Crippen molar-refractivity contribution in [2.24, 2.45) is 0 Å². The summed E-state index contributed by atoms with van der Waals surface area (Å²) in [5, 5.41) is 0. The normalized spacial score (nSPS) is 9.50. The van der Waals surface area contributed by atoms with Crippen LogP contribution < -0.4 is 0 Å². The first-order chi connectivity index (χ1) is 2.00. The maximum Gasteiger partial charge on any atom is 0 e. The Balaban J connectivity index is 0. The predicted molar refractivity (Wildman–Crippen MR) is 10.0 cm³/mol. The fraction of sp³-hybridized carbons (Fsp3) is 0. The molecular formula is HMnO4Rb. The SMILES string of the molecule is [O]=[Mn](=[O])(=[O])[OH].[Rb]. The molecule has 4 nitrogen and oxygen atoms in total. The van der Waals surface area contributed by atoms with Crippen LogP contribution in [0.3, 0.4) is 0 Å². The molecule has 0 saturated carbocycles. The van der Waals surface area contributed by atoms with Gasteiger partial charge in [-0.25, -0.2) is 0 Å². The molecule has 0 aliphatic rings. The van der Waals surface area contributed by atoms with Gasteiger partial charge in [0.05, 0.1) is 0 Å². The summed E-state index contributed by atoms with van der Waals surface area (Å²) in [6.45, 7) is 0. The largest absolute Gasteiger partial charge is 0 e. The fourth-order valence-electron chi connectivity index (χ4n) is 0. The molecule has 0 aromatic rings. The third kappa shape index (κ3) is 44.0. The van der Waals surface area contributed by atoms with E-state index in [1.807, 2.05) is 0 Å². The molecule has 0 spiro atoms. The second-order valence-corrected chi connectivity index (χ2v) is 1.63. The van der Waals surface area contributed by atoms with Gasteiger partial charge in [0.25, 0.3) is 0 Å². The summed E-state index contributed by atoms with van der Waals surface area (Å²) in [6.07, 6.45) is 0. The average molecular weight is 205 g/mol. The van der Waals surface area contributed by atoms with Crippen molar-refractivity contribution < 1.29 is 28.7 Å². The Bertz CT molecular complexity index is 129. The third-order valence-electron chi connectivity index (χ3n) is 0. The van der Waals surface area contributed by atoms with E-state index in [1.54, 1.807) is 0 Å². The molecule has 0 bridgehead atoms. The maximum absolute atomic E-state index is 8.69. The van der Waals surface area contributed by atoms with Crippen LogP contribution in [0.2, 0.25) is 0 Å². The summed E-state index contributed by atoms with van der Waals surface area (Å²) in [5.41, 5.74) is 0. The second kappa shape index (κ2) is 3.66. The van der Waals surface area contributed by atoms with Gasteiger partial charge in [-0.05, 0) is 0 Å². The van der Waals surface area contributed by atoms with Gasteiger partial charge < -0.3 is 0 Å². The Kier molecular flexibility index (Phi) is 6.48. The van der Waals surface area contributed by atoms with Crippen molar-refractivity contribution in [3.8, 4) is 0 Å². The van der Waals surface area contributed by atoms with Gasteiger partial charge in [-0.2, -0.15) is 0 Å². The second-order valence-electron chi connectivity index (χ2n) is 0.396. The molecule has 6 heteroatoms. The van der Waals surface area contributed by atoms with E-state index in [1.165, 1.54) is 0 Å². The Hall–Kier alpha value is 1.68. The minimum atomic E-state index is -5.38. The van der Waals surface area contributed by atoms with Gasteiger partial charge in [-0.15, -0.1) is 0 Å². The molecule has 0 aromatic heterocycles. The first-order valence-electron chi connectivity index (χ1n) is 0.632. The fourth-order valence-corrected chi connectivity index (χ4v) is 0. The van der Waals surface area contributed by atoms with Crippen LogP contribution in [0.25, 0.3) is 0 Å². The molecule has 0 aromatic carbocycles. The number of hydrogen-bond acceptors (Lipinski definition) is 3. The van der Waals surface area contributed by atoms with Gasteiger partial charge in [0.1, 0.15) is 0 Å². The molecule has 0 amide bonds. The Morgan fingerprint density at radius 2 is 1.17 bits per heavy atom. The quantitative estimate of drug-likeness (QED) is 0.499. The van der Waals surface area contributed by atoms with Crippen molar-refractivity contribution in [1.29, 1.82) is 0 Å². The topological polar surface area (TPSA) is 71.4 Å². The zero-order chi connectivity index (χ0) is 4.50. The smallest absolute Gasteiger partial charge is 0 e. The zero-order valence-electron chi connectivity index (χ0n) is 3.05. The molecule has 0 atom stereocenters. The van der Waals surface area contributed by atoms with Crippen molar-refractivity contribution >= 4 is 58.2 Å². The maximum atomic E-state index is 8.69. The van der Waals surface area contributed by atoms with Crippen molar-refractivity contribution in [2.45, 2.75) is 0 Å². The van der Waals surface area contributed by atoms with Crippen molar-refractivity contribution in [1.82, 2.24) is 0 Å². The Morgan fingerprint density at radius 1 is 1.17 bits per heavy atom. The molecule has 0 aliphatic carbocycles. The molecule has 0 fully saturated rings. The summed E-state index contributed by atoms with van der Waals surface area (Å²) < 4.78 is 33.1. The van der Waals surface area contributed by atoms with Crippen LogP contribution in [-0.4, -0.2) is 62.4 Å². The molecule has 6 heavy (non-hydrogen) atoms. The van der Waals surface area contributed by atoms with Gasteiger partial charge >= 0.3 is 28.7 Å². The molecule has 0 unspecified atom stereocenters. The summed E-state index contributed by atoms with van der Waals surface area (Å²) >= 11 is -5.38. The van der Waals surface area contributed by atoms with Gasteiger partial charge in [-0.1, -0.05) is 0 Å². The molecule has 0 heterocycles. The van der Waals surface area contributed by atoms with Gasteiger partial charge in [-0.3, -0.25) is 0 Å². The standard InChI is InChI=1S/Mn.H2O.3O.Rb/h;1H2;;;;/q+1;;;;;/p-1. The summed E-state index contributed by atoms with van der Waals surface area (Å²) in [7, 11) is 0. The monoisotopic (exact) mass is 205 g/mol. The first-order valence-corrected chi connectivity index (χ1v) is 2.61. The van der Waals surface area contributed by atoms with E-state index >= 15 is 0 Å². The summed E-state index contributed by atoms with van der Waals surface area (Å²) in [6, 6.07) is 0. The predicted octanol–water partition coefficient (Wildman–Crippen LogP) is -1.30. The Morgan fingerprint density at radius 3 is 1.17 bits per heavy atom. The van der Waals surface area contributed by atoms with E-state index in [9.17, 15) is 0 Å². The van der Waals surface area contributed by atoms with Gasteiger partial charge in [0.2, 0.25) is 0 Å². The van der Waals surface area contributed by atoms with Crippen LogP contribution in [0, 0.1) is 0 Å². The van der Waals surface area contributed by atoms with Crippen LogP contribution in [0.5, 0.6) is 0 Å². The van der Waals surface area contributed by atoms with E-state index in [4.69, 9.17) is 15.7 Å². The van der Waals surface area contributed by atoms with Crippen molar-refractivity contribution in [3.05, 3.63) is 0 Å². The molecule has 0 rings (SSSR count). The minimum Gasteiger partial charge on any atom is 0 e. The van der Waals surface area contributed by atoms with Crippen LogP contribution in [0.15, 0.2) is 0 Å². The third-order valence-corrected chi connectivity index (χ3v) is 0. The Labute approximate surface area is 84.9 Å². The van der Waals surface area contributed by atoms with Gasteiger partial charge in [0.15, 0.2) is 0 Å². The molecule has 0 saturated heterocycles. The number of hydrogen-bond donors (Lipinski definition) is 1. The van der Waals surface area contributed by atoms with Gasteiger partial charge in [0, 0.05) is 58.2 Å². The summed E-state index contributed by atoms with van der Waals surface area (Å²) in [5.74, 6) is 0. The molecule has 33 valence electrons. The van der Waals surface area contributed by atoms with Crippen LogP contribution in [0.4, 0.5) is 0 Å². The van der Waals surface area contributed by atoms with E-state index in [0.29, 0.717) is 0 Å². The molecule has 1 N–H and O–H groups in total. The van der Waals surface area contributed by atoms with E-state index < -0.39 is 13.0 Å². The minimum absolute atomic E-state index is 0. The van der Waals surface area contributed by atoms with E-state index in [-0.39, 0.29) is 58.2 Å². The van der Waals surface area contributed by atoms with Crippen LogP contribution in [-0.2, 0) is 24.5 Å². The molecule has 1 radical (unpaired) electrons. The zero-order valence-corrected chi connectivity index (χ0v) is 9.15. The molecular weight excluding hydrogens is 204 g/mol.